The van der Waals surface area contributed by atoms with Crippen LogP contribution in [0.5, 0.6) is 0 Å². The molecule has 0 bridgehead atoms. The Hall–Kier alpha value is -1.70. The van der Waals surface area contributed by atoms with Crippen molar-refractivity contribution in [1.82, 2.24) is 20.0 Å². The van der Waals surface area contributed by atoms with Gasteiger partial charge in [-0.15, -0.1) is 0 Å². The van der Waals surface area contributed by atoms with E-state index in [0.717, 1.165) is 16.8 Å². The van der Waals surface area contributed by atoms with Gasteiger partial charge in [-0.25, -0.2) is 18.1 Å². The van der Waals surface area contributed by atoms with E-state index in [1.165, 1.54) is 6.33 Å². The molecule has 2 aromatic rings. The summed E-state index contributed by atoms with van der Waals surface area (Å²) in [5, 5.41) is 3.01. The van der Waals surface area contributed by atoms with Crippen molar-refractivity contribution in [3.8, 4) is 0 Å². The summed E-state index contributed by atoms with van der Waals surface area (Å²) < 4.78 is 27.2. The third-order valence-corrected chi connectivity index (χ3v) is 4.47. The zero-order chi connectivity index (χ0) is 14.6. The molecule has 0 unspecified atom stereocenters. The van der Waals surface area contributed by atoms with Crippen LogP contribution in [-0.4, -0.2) is 25.4 Å². The largest absolute Gasteiger partial charge is 0.347 e. The molecule has 6 nitrogen and oxygen atoms in total. The van der Waals surface area contributed by atoms with E-state index in [1.807, 2.05) is 19.2 Å². The number of H-pyrrole nitrogens is 1. The molecule has 0 saturated heterocycles. The van der Waals surface area contributed by atoms with E-state index in [-0.39, 0.29) is 6.54 Å². The zero-order valence-electron chi connectivity index (χ0n) is 11.5. The standard InChI is InChI=1S/C13H18N4O2S/c1-10-3-4-11(6-14-2)5-13(10)20(18,19)17-8-12-7-15-9-16-12/h3-5,7,9,14,17H,6,8H2,1-2H3,(H,15,16). The summed E-state index contributed by atoms with van der Waals surface area (Å²) in [5.74, 6) is 0. The molecule has 0 spiro atoms. The van der Waals surface area contributed by atoms with Crippen LogP contribution < -0.4 is 10.0 Å². The number of rotatable bonds is 6. The van der Waals surface area contributed by atoms with E-state index in [0.29, 0.717) is 11.4 Å². The van der Waals surface area contributed by atoms with E-state index in [1.54, 1.807) is 19.2 Å². The molecule has 0 radical (unpaired) electrons. The Balaban J connectivity index is 2.21. The van der Waals surface area contributed by atoms with Crippen molar-refractivity contribution in [3.05, 3.63) is 47.5 Å². The Morgan fingerprint density at radius 3 is 2.75 bits per heavy atom. The minimum Gasteiger partial charge on any atom is -0.347 e. The Kier molecular flexibility index (Phi) is 4.53. The zero-order valence-corrected chi connectivity index (χ0v) is 12.3. The minimum atomic E-state index is -3.53. The number of benzene rings is 1. The van der Waals surface area contributed by atoms with Gasteiger partial charge in [-0.2, -0.15) is 0 Å². The van der Waals surface area contributed by atoms with E-state index in [9.17, 15) is 8.42 Å². The molecule has 0 saturated carbocycles. The monoisotopic (exact) mass is 294 g/mol. The number of nitrogens with zero attached hydrogens (tertiary/aromatic N) is 1. The highest BCUT2D eigenvalue weighted by Gasteiger charge is 2.17. The van der Waals surface area contributed by atoms with Gasteiger partial charge in [-0.05, 0) is 31.2 Å². The normalized spacial score (nSPS) is 11.7. The Labute approximate surface area is 118 Å². The number of hydrogen-bond acceptors (Lipinski definition) is 4. The van der Waals surface area contributed by atoms with Crippen molar-refractivity contribution >= 4 is 10.0 Å². The molecule has 108 valence electrons. The second-order valence-corrected chi connectivity index (χ2v) is 6.27. The molecule has 3 N–H and O–H groups in total. The second-order valence-electron chi connectivity index (χ2n) is 4.53. The van der Waals surface area contributed by atoms with Crippen molar-refractivity contribution < 1.29 is 8.42 Å². The van der Waals surface area contributed by atoms with Crippen LogP contribution >= 0.6 is 0 Å². The molecule has 20 heavy (non-hydrogen) atoms. The fraction of sp³-hybridized carbons (Fsp3) is 0.308. The smallest absolute Gasteiger partial charge is 0.241 e. The first-order chi connectivity index (χ1) is 9.53. The SMILES string of the molecule is CNCc1ccc(C)c(S(=O)(=O)NCc2cnc[nH]2)c1. The lowest BCUT2D eigenvalue weighted by molar-refractivity contribution is 0.579. The van der Waals surface area contributed by atoms with Crippen LogP contribution in [0.15, 0.2) is 35.6 Å². The fourth-order valence-electron chi connectivity index (χ4n) is 1.88. The number of hydrogen-bond donors (Lipinski definition) is 3. The first kappa shape index (κ1) is 14.7. The van der Waals surface area contributed by atoms with E-state index >= 15 is 0 Å². The molecule has 1 aromatic carbocycles. The van der Waals surface area contributed by atoms with Crippen molar-refractivity contribution in [3.63, 3.8) is 0 Å². The summed E-state index contributed by atoms with van der Waals surface area (Å²) in [4.78, 5) is 7.02. The minimum absolute atomic E-state index is 0.192. The predicted molar refractivity (Wildman–Crippen MR) is 76.6 cm³/mol. The van der Waals surface area contributed by atoms with Crippen molar-refractivity contribution in [2.75, 3.05) is 7.05 Å². The number of nitrogens with one attached hydrogen (secondary N) is 3. The maximum absolute atomic E-state index is 12.3. The molecule has 0 fully saturated rings. The number of imidazole rings is 1. The maximum Gasteiger partial charge on any atom is 0.241 e. The maximum atomic E-state index is 12.3. The quantitative estimate of drug-likeness (QED) is 0.739. The van der Waals surface area contributed by atoms with Gasteiger partial charge >= 0.3 is 0 Å². The Morgan fingerprint density at radius 2 is 2.10 bits per heavy atom. The molecule has 0 aliphatic carbocycles. The average molecular weight is 294 g/mol. The van der Waals surface area contributed by atoms with E-state index < -0.39 is 10.0 Å². The van der Waals surface area contributed by atoms with Gasteiger partial charge in [0.25, 0.3) is 0 Å². The molecule has 1 aromatic heterocycles. The van der Waals surface area contributed by atoms with Gasteiger partial charge in [-0.1, -0.05) is 12.1 Å². The predicted octanol–water partition coefficient (Wildman–Crippen LogP) is 0.916. The topological polar surface area (TPSA) is 86.9 Å². The molecular weight excluding hydrogens is 276 g/mol. The fourth-order valence-corrected chi connectivity index (χ4v) is 3.18. The van der Waals surface area contributed by atoms with Gasteiger partial charge in [0.2, 0.25) is 10.0 Å². The number of aryl methyl sites for hydroxylation is 1. The van der Waals surface area contributed by atoms with Crippen LogP contribution in [0, 0.1) is 6.92 Å². The van der Waals surface area contributed by atoms with Gasteiger partial charge in [-0.3, -0.25) is 0 Å². The van der Waals surface area contributed by atoms with Crippen molar-refractivity contribution in [2.24, 2.45) is 0 Å². The summed E-state index contributed by atoms with van der Waals surface area (Å²) in [5.41, 5.74) is 2.37. The van der Waals surface area contributed by atoms with Crippen LogP contribution in [0.3, 0.4) is 0 Å². The average Bonchev–Trinajstić information content (AvgIpc) is 2.92. The lowest BCUT2D eigenvalue weighted by Gasteiger charge is -2.10. The third kappa shape index (κ3) is 3.44. The Bertz CT molecular complexity index is 666. The molecule has 0 atom stereocenters. The van der Waals surface area contributed by atoms with Crippen molar-refractivity contribution in [2.45, 2.75) is 24.9 Å². The van der Waals surface area contributed by atoms with E-state index in [2.05, 4.69) is 20.0 Å². The van der Waals surface area contributed by atoms with Crippen LogP contribution in [-0.2, 0) is 23.1 Å². The van der Waals surface area contributed by atoms with Gasteiger partial charge in [0.05, 0.1) is 17.8 Å². The first-order valence-corrected chi connectivity index (χ1v) is 7.72. The summed E-state index contributed by atoms with van der Waals surface area (Å²) in [6, 6.07) is 5.43. The lowest BCUT2D eigenvalue weighted by Crippen LogP contribution is -2.24. The van der Waals surface area contributed by atoms with Crippen LogP contribution in [0.4, 0.5) is 0 Å². The highest BCUT2D eigenvalue weighted by Crippen LogP contribution is 2.17. The molecular formula is C13H18N4O2S. The van der Waals surface area contributed by atoms with Crippen LogP contribution in [0.1, 0.15) is 16.8 Å². The first-order valence-electron chi connectivity index (χ1n) is 6.24. The lowest BCUT2D eigenvalue weighted by atomic mass is 10.1. The van der Waals surface area contributed by atoms with Gasteiger partial charge in [0.1, 0.15) is 0 Å². The van der Waals surface area contributed by atoms with Gasteiger partial charge in [0.15, 0.2) is 0 Å². The summed E-state index contributed by atoms with van der Waals surface area (Å²) in [6.07, 6.45) is 3.11. The molecule has 0 aliphatic rings. The number of aromatic nitrogens is 2. The van der Waals surface area contributed by atoms with Crippen molar-refractivity contribution in [1.29, 1.82) is 0 Å². The Morgan fingerprint density at radius 1 is 1.30 bits per heavy atom. The molecule has 1 heterocycles. The van der Waals surface area contributed by atoms with Gasteiger partial charge in [0, 0.05) is 18.4 Å². The summed E-state index contributed by atoms with van der Waals surface area (Å²) in [6.45, 7) is 2.61. The highest BCUT2D eigenvalue weighted by atomic mass is 32.2. The summed E-state index contributed by atoms with van der Waals surface area (Å²) in [7, 11) is -1.71. The van der Waals surface area contributed by atoms with Crippen LogP contribution in [0.25, 0.3) is 0 Å². The molecule has 7 heteroatoms. The molecule has 2 rings (SSSR count). The summed E-state index contributed by atoms with van der Waals surface area (Å²) >= 11 is 0. The van der Waals surface area contributed by atoms with Crippen LogP contribution in [0.2, 0.25) is 0 Å². The number of aromatic amines is 1. The van der Waals surface area contributed by atoms with Gasteiger partial charge < -0.3 is 10.3 Å². The highest BCUT2D eigenvalue weighted by molar-refractivity contribution is 7.89. The van der Waals surface area contributed by atoms with E-state index in [4.69, 9.17) is 0 Å². The molecule has 0 aliphatic heterocycles. The molecule has 0 amide bonds. The second kappa shape index (κ2) is 6.17. The third-order valence-electron chi connectivity index (χ3n) is 2.93. The number of sulfonamides is 1.